The van der Waals surface area contributed by atoms with Gasteiger partial charge in [0.05, 0.1) is 11.4 Å². The topological polar surface area (TPSA) is 72.2 Å². The maximum absolute atomic E-state index is 13.8. The van der Waals surface area contributed by atoms with Crippen LogP contribution in [0.15, 0.2) is 73.1 Å². The van der Waals surface area contributed by atoms with Gasteiger partial charge >= 0.3 is 0 Å². The first-order chi connectivity index (χ1) is 17.4. The number of rotatable bonds is 5. The maximum Gasteiger partial charge on any atom is 0.259 e. The Hall–Kier alpha value is -4.13. The summed E-state index contributed by atoms with van der Waals surface area (Å²) in [6.45, 7) is 6.99. The van der Waals surface area contributed by atoms with Crippen molar-refractivity contribution in [1.29, 1.82) is 0 Å². The Morgan fingerprint density at radius 3 is 2.28 bits per heavy atom. The second kappa shape index (κ2) is 9.85. The summed E-state index contributed by atoms with van der Waals surface area (Å²) in [5, 5.41) is 7.82. The average molecular weight is 482 g/mol. The monoisotopic (exact) mass is 481 g/mol. The smallest absolute Gasteiger partial charge is 0.259 e. The van der Waals surface area contributed by atoms with Crippen molar-refractivity contribution in [1.82, 2.24) is 19.2 Å². The highest BCUT2D eigenvalue weighted by Crippen LogP contribution is 2.27. The van der Waals surface area contributed by atoms with E-state index in [0.29, 0.717) is 37.2 Å². The third kappa shape index (κ3) is 4.56. The van der Waals surface area contributed by atoms with Crippen molar-refractivity contribution < 1.29 is 9.59 Å². The number of amides is 2. The van der Waals surface area contributed by atoms with Gasteiger partial charge in [-0.1, -0.05) is 35.9 Å². The lowest BCUT2D eigenvalue weighted by Crippen LogP contribution is -2.42. The van der Waals surface area contributed by atoms with Gasteiger partial charge in [0, 0.05) is 37.1 Å². The number of aromatic nitrogens is 3. The molecule has 4 aromatic rings. The molecule has 7 heteroatoms. The van der Waals surface area contributed by atoms with Crippen LogP contribution in [0.3, 0.4) is 0 Å². The summed E-state index contributed by atoms with van der Waals surface area (Å²) >= 11 is 0. The van der Waals surface area contributed by atoms with Gasteiger partial charge in [-0.3, -0.25) is 9.59 Å². The average Bonchev–Trinajstić information content (AvgIpc) is 3.53. The molecular weight excluding hydrogens is 450 g/mol. The van der Waals surface area contributed by atoms with Crippen LogP contribution in [-0.4, -0.2) is 44.2 Å². The number of likely N-dealkylation sites (tertiary alicyclic amines) is 1. The lowest BCUT2D eigenvalue weighted by atomic mass is 9.95. The Morgan fingerprint density at radius 2 is 1.61 bits per heavy atom. The number of para-hydroxylation sites is 1. The molecule has 0 aliphatic carbocycles. The Kier molecular flexibility index (Phi) is 6.46. The first-order valence-electron chi connectivity index (χ1n) is 12.4. The number of benzene rings is 2. The van der Waals surface area contributed by atoms with Crippen molar-refractivity contribution in [3.8, 4) is 11.5 Å². The fourth-order valence-corrected chi connectivity index (χ4v) is 4.92. The highest BCUT2D eigenvalue weighted by Gasteiger charge is 2.32. The van der Waals surface area contributed by atoms with Gasteiger partial charge in [-0.2, -0.15) is 5.10 Å². The number of hydrogen-bond donors (Lipinski definition) is 1. The molecule has 0 radical (unpaired) electrons. The largest absolute Gasteiger partial charge is 0.338 e. The second-order valence-corrected chi connectivity index (χ2v) is 9.50. The first-order valence-corrected chi connectivity index (χ1v) is 12.4. The molecule has 1 fully saturated rings. The van der Waals surface area contributed by atoms with Gasteiger partial charge in [-0.15, -0.1) is 0 Å². The molecule has 7 nitrogen and oxygen atoms in total. The zero-order chi connectivity index (χ0) is 25.2. The van der Waals surface area contributed by atoms with E-state index in [0.717, 1.165) is 22.8 Å². The van der Waals surface area contributed by atoms with Crippen molar-refractivity contribution in [2.45, 2.75) is 33.6 Å². The summed E-state index contributed by atoms with van der Waals surface area (Å²) < 4.78 is 3.76. The van der Waals surface area contributed by atoms with Gasteiger partial charge in [0.2, 0.25) is 5.91 Å². The Labute approximate surface area is 211 Å². The lowest BCUT2D eigenvalue weighted by Gasteiger charge is -2.31. The van der Waals surface area contributed by atoms with E-state index >= 15 is 0 Å². The number of nitrogens with zero attached hydrogens (tertiary/aromatic N) is 4. The fraction of sp³-hybridized carbons (Fsp3) is 0.276. The molecule has 0 spiro atoms. The van der Waals surface area contributed by atoms with Crippen molar-refractivity contribution in [3.63, 3.8) is 0 Å². The van der Waals surface area contributed by atoms with Crippen LogP contribution in [-0.2, 0) is 4.79 Å². The van der Waals surface area contributed by atoms with Crippen LogP contribution in [0.2, 0.25) is 0 Å². The molecule has 2 amide bonds. The Bertz CT molecular complexity index is 1380. The van der Waals surface area contributed by atoms with Gasteiger partial charge in [-0.05, 0) is 69.5 Å². The van der Waals surface area contributed by atoms with Crippen LogP contribution in [0.1, 0.15) is 40.0 Å². The molecule has 1 aliphatic heterocycles. The minimum absolute atomic E-state index is 0.0233. The normalized spacial score (nSPS) is 14.1. The minimum atomic E-state index is -0.119. The van der Waals surface area contributed by atoms with Crippen molar-refractivity contribution in [3.05, 3.63) is 95.4 Å². The number of carbonyl (C=O) groups excluding carboxylic acids is 2. The fourth-order valence-electron chi connectivity index (χ4n) is 4.92. The molecule has 184 valence electrons. The van der Waals surface area contributed by atoms with Crippen molar-refractivity contribution >= 4 is 17.5 Å². The van der Waals surface area contributed by atoms with E-state index in [1.165, 1.54) is 5.56 Å². The number of piperidine rings is 1. The summed E-state index contributed by atoms with van der Waals surface area (Å²) in [6, 6.07) is 19.7. The molecule has 1 N–H and O–H groups in total. The van der Waals surface area contributed by atoms with E-state index < -0.39 is 0 Å². The van der Waals surface area contributed by atoms with Crippen molar-refractivity contribution in [2.24, 2.45) is 5.92 Å². The van der Waals surface area contributed by atoms with Gasteiger partial charge in [0.15, 0.2) is 5.82 Å². The van der Waals surface area contributed by atoms with E-state index in [1.807, 2.05) is 102 Å². The maximum atomic E-state index is 13.8. The molecule has 2 aromatic carbocycles. The molecule has 2 aromatic heterocycles. The van der Waals surface area contributed by atoms with Crippen LogP contribution in [0.25, 0.3) is 11.5 Å². The van der Waals surface area contributed by atoms with E-state index in [2.05, 4.69) is 11.4 Å². The lowest BCUT2D eigenvalue weighted by molar-refractivity contribution is -0.121. The predicted molar refractivity (Wildman–Crippen MR) is 141 cm³/mol. The van der Waals surface area contributed by atoms with Gasteiger partial charge in [0.25, 0.3) is 5.91 Å². The molecule has 5 rings (SSSR count). The number of aryl methyl sites for hydroxylation is 3. The second-order valence-electron chi connectivity index (χ2n) is 9.50. The van der Waals surface area contributed by atoms with Crippen LogP contribution in [0, 0.1) is 26.7 Å². The number of hydrogen-bond acceptors (Lipinski definition) is 3. The van der Waals surface area contributed by atoms with E-state index in [4.69, 9.17) is 5.10 Å². The third-order valence-corrected chi connectivity index (χ3v) is 6.89. The summed E-state index contributed by atoms with van der Waals surface area (Å²) in [5.41, 5.74) is 5.24. The van der Waals surface area contributed by atoms with E-state index in [1.54, 1.807) is 0 Å². The zero-order valence-electron chi connectivity index (χ0n) is 20.9. The van der Waals surface area contributed by atoms with E-state index in [9.17, 15) is 9.59 Å². The van der Waals surface area contributed by atoms with Crippen LogP contribution in [0.4, 0.5) is 5.69 Å². The number of carbonyl (C=O) groups is 2. The summed E-state index contributed by atoms with van der Waals surface area (Å²) in [4.78, 5) is 28.6. The highest BCUT2D eigenvalue weighted by atomic mass is 16.2. The standard InChI is InChI=1S/C29H31N5O2/c1-20-11-12-25(21(2)19-20)30-27(35)23-13-17-33(18-14-23)29(36)26-22(3)31-34(24-9-5-4-6-10-24)28(26)32-15-7-8-16-32/h4-12,15-16,19,23H,13-14,17-18H2,1-3H3,(H,30,35). The number of anilines is 1. The van der Waals surface area contributed by atoms with Crippen LogP contribution < -0.4 is 5.32 Å². The van der Waals surface area contributed by atoms with Gasteiger partial charge < -0.3 is 14.8 Å². The molecule has 3 heterocycles. The van der Waals surface area contributed by atoms with Crippen LogP contribution >= 0.6 is 0 Å². The summed E-state index contributed by atoms with van der Waals surface area (Å²) in [5.74, 6) is 0.581. The SMILES string of the molecule is Cc1ccc(NC(=O)C2CCN(C(=O)c3c(C)nn(-c4ccccc4)c3-n3cccc3)CC2)c(C)c1. The van der Waals surface area contributed by atoms with Crippen molar-refractivity contribution in [2.75, 3.05) is 18.4 Å². The van der Waals surface area contributed by atoms with Gasteiger partial charge in [0.1, 0.15) is 5.56 Å². The minimum Gasteiger partial charge on any atom is -0.338 e. The molecule has 0 saturated carbocycles. The Morgan fingerprint density at radius 1 is 0.917 bits per heavy atom. The zero-order valence-corrected chi connectivity index (χ0v) is 20.9. The highest BCUT2D eigenvalue weighted by molar-refractivity contribution is 5.99. The molecule has 0 unspecified atom stereocenters. The van der Waals surface area contributed by atoms with E-state index in [-0.39, 0.29) is 17.7 Å². The molecule has 36 heavy (non-hydrogen) atoms. The molecule has 1 aliphatic rings. The molecule has 0 atom stereocenters. The summed E-state index contributed by atoms with van der Waals surface area (Å²) in [6.07, 6.45) is 5.12. The van der Waals surface area contributed by atoms with Crippen LogP contribution in [0.5, 0.6) is 0 Å². The molecule has 0 bridgehead atoms. The van der Waals surface area contributed by atoms with Gasteiger partial charge in [-0.25, -0.2) is 4.68 Å². The predicted octanol–water partition coefficient (Wildman–Crippen LogP) is 5.08. The first kappa shape index (κ1) is 23.6. The molecular formula is C29H31N5O2. The third-order valence-electron chi connectivity index (χ3n) is 6.89. The molecule has 1 saturated heterocycles. The number of nitrogens with one attached hydrogen (secondary N) is 1. The Balaban J connectivity index is 1.34. The summed E-state index contributed by atoms with van der Waals surface area (Å²) in [7, 11) is 0. The quantitative estimate of drug-likeness (QED) is 0.432.